The number of amides is 1. The Kier molecular flexibility index (Phi) is 6.73. The Morgan fingerprint density at radius 3 is 2.27 bits per heavy atom. The van der Waals surface area contributed by atoms with Crippen molar-refractivity contribution in [2.24, 2.45) is 0 Å². The largest absolute Gasteiger partial charge is 0.496 e. The molecule has 0 radical (unpaired) electrons. The monoisotopic (exact) mass is 351 g/mol. The number of aryl methyl sites for hydroxylation is 1. The van der Waals surface area contributed by atoms with E-state index in [1.54, 1.807) is 51.5 Å². The van der Waals surface area contributed by atoms with Crippen LogP contribution in [0.5, 0.6) is 5.75 Å². The van der Waals surface area contributed by atoms with Crippen LogP contribution in [0.2, 0.25) is 0 Å². The van der Waals surface area contributed by atoms with Gasteiger partial charge in [0.2, 0.25) is 0 Å². The van der Waals surface area contributed by atoms with E-state index in [1.807, 2.05) is 18.2 Å². The lowest BCUT2D eigenvalue weighted by atomic mass is 10.0. The van der Waals surface area contributed by atoms with Gasteiger partial charge in [0.05, 0.1) is 7.11 Å². The smallest absolute Gasteiger partial charge is 0.253 e. The van der Waals surface area contributed by atoms with Crippen molar-refractivity contribution < 1.29 is 14.3 Å². The molecule has 4 heteroatoms. The van der Waals surface area contributed by atoms with Crippen LogP contribution in [0, 0.1) is 0 Å². The second-order valence-corrected chi connectivity index (χ2v) is 6.30. The fourth-order valence-corrected chi connectivity index (χ4v) is 2.66. The Labute approximate surface area is 155 Å². The van der Waals surface area contributed by atoms with Crippen molar-refractivity contribution in [2.45, 2.75) is 19.8 Å². The number of hydrogen-bond acceptors (Lipinski definition) is 3. The van der Waals surface area contributed by atoms with Crippen molar-refractivity contribution in [3.05, 3.63) is 70.8 Å². The summed E-state index contributed by atoms with van der Waals surface area (Å²) in [5, 5.41) is 0. The highest BCUT2D eigenvalue weighted by atomic mass is 16.5. The number of carbonyl (C=O) groups excluding carboxylic acids is 2. The molecule has 0 aromatic heterocycles. The van der Waals surface area contributed by atoms with Gasteiger partial charge in [-0.3, -0.25) is 9.59 Å². The third-order valence-corrected chi connectivity index (χ3v) is 4.07. The van der Waals surface area contributed by atoms with Crippen LogP contribution in [-0.4, -0.2) is 37.8 Å². The second-order valence-electron chi connectivity index (χ2n) is 6.30. The van der Waals surface area contributed by atoms with Crippen LogP contribution in [0.15, 0.2) is 48.5 Å². The molecule has 0 aliphatic carbocycles. The van der Waals surface area contributed by atoms with E-state index >= 15 is 0 Å². The molecule has 4 nitrogen and oxygen atoms in total. The average Bonchev–Trinajstić information content (AvgIpc) is 2.66. The molecule has 0 heterocycles. The highest BCUT2D eigenvalue weighted by molar-refractivity contribution is 6.07. The molecular weight excluding hydrogens is 326 g/mol. The maximum absolute atomic E-state index is 12.4. The van der Waals surface area contributed by atoms with Gasteiger partial charge < -0.3 is 9.64 Å². The molecular formula is C22H25NO3. The number of ether oxygens (including phenoxy) is 1. The average molecular weight is 351 g/mol. The number of rotatable bonds is 7. The van der Waals surface area contributed by atoms with E-state index in [9.17, 15) is 9.59 Å². The van der Waals surface area contributed by atoms with E-state index < -0.39 is 0 Å². The molecule has 0 spiro atoms. The van der Waals surface area contributed by atoms with Gasteiger partial charge in [-0.1, -0.05) is 31.5 Å². The number of benzene rings is 2. The van der Waals surface area contributed by atoms with Gasteiger partial charge in [-0.25, -0.2) is 0 Å². The van der Waals surface area contributed by atoms with Crippen molar-refractivity contribution in [1.29, 1.82) is 0 Å². The summed E-state index contributed by atoms with van der Waals surface area (Å²) in [6.45, 7) is 2.13. The molecule has 0 aliphatic heterocycles. The number of allylic oxidation sites excluding steroid dienone is 1. The summed E-state index contributed by atoms with van der Waals surface area (Å²) in [5.41, 5.74) is 3.20. The summed E-state index contributed by atoms with van der Waals surface area (Å²) in [5.74, 6) is 0.537. The van der Waals surface area contributed by atoms with Crippen molar-refractivity contribution in [3.8, 4) is 5.75 Å². The quantitative estimate of drug-likeness (QED) is 0.553. The molecule has 26 heavy (non-hydrogen) atoms. The minimum atomic E-state index is -0.114. The minimum absolute atomic E-state index is 0.0861. The predicted molar refractivity (Wildman–Crippen MR) is 105 cm³/mol. The van der Waals surface area contributed by atoms with Gasteiger partial charge in [0, 0.05) is 30.8 Å². The molecule has 0 unspecified atom stereocenters. The third kappa shape index (κ3) is 4.82. The minimum Gasteiger partial charge on any atom is -0.496 e. The fourth-order valence-electron chi connectivity index (χ4n) is 2.66. The lowest BCUT2D eigenvalue weighted by molar-refractivity contribution is 0.0827. The molecule has 2 rings (SSSR count). The van der Waals surface area contributed by atoms with Gasteiger partial charge in [0.1, 0.15) is 5.75 Å². The van der Waals surface area contributed by atoms with Gasteiger partial charge >= 0.3 is 0 Å². The first kappa shape index (κ1) is 19.4. The summed E-state index contributed by atoms with van der Waals surface area (Å²) in [4.78, 5) is 25.8. The van der Waals surface area contributed by atoms with E-state index in [0.29, 0.717) is 11.1 Å². The van der Waals surface area contributed by atoms with Crippen LogP contribution >= 0.6 is 0 Å². The zero-order chi connectivity index (χ0) is 19.1. The molecule has 0 aliphatic rings. The Morgan fingerprint density at radius 2 is 1.69 bits per heavy atom. The molecule has 0 N–H and O–H groups in total. The topological polar surface area (TPSA) is 46.6 Å². The third-order valence-electron chi connectivity index (χ3n) is 4.07. The lowest BCUT2D eigenvalue weighted by Gasteiger charge is -2.10. The van der Waals surface area contributed by atoms with Gasteiger partial charge in [0.25, 0.3) is 5.91 Å². The highest BCUT2D eigenvalue weighted by Gasteiger charge is 2.09. The lowest BCUT2D eigenvalue weighted by Crippen LogP contribution is -2.21. The van der Waals surface area contributed by atoms with E-state index in [0.717, 1.165) is 24.2 Å². The molecule has 0 saturated carbocycles. The van der Waals surface area contributed by atoms with Crippen LogP contribution in [0.3, 0.4) is 0 Å². The summed E-state index contributed by atoms with van der Waals surface area (Å²) in [7, 11) is 5.02. The zero-order valence-corrected chi connectivity index (χ0v) is 15.8. The summed E-state index contributed by atoms with van der Waals surface area (Å²) >= 11 is 0. The fraction of sp³-hybridized carbons (Fsp3) is 0.273. The van der Waals surface area contributed by atoms with E-state index in [-0.39, 0.29) is 11.7 Å². The second kappa shape index (κ2) is 8.99. The Balaban J connectivity index is 2.19. The number of hydrogen-bond donors (Lipinski definition) is 0. The van der Waals surface area contributed by atoms with Crippen LogP contribution in [0.25, 0.3) is 6.08 Å². The molecule has 0 fully saturated rings. The van der Waals surface area contributed by atoms with Crippen LogP contribution < -0.4 is 4.74 Å². The Morgan fingerprint density at radius 1 is 1.04 bits per heavy atom. The molecule has 0 bridgehead atoms. The van der Waals surface area contributed by atoms with Gasteiger partial charge in [0.15, 0.2) is 5.78 Å². The van der Waals surface area contributed by atoms with Crippen molar-refractivity contribution in [3.63, 3.8) is 0 Å². The predicted octanol–water partition coefficient (Wildman–Crippen LogP) is 4.25. The SMILES string of the molecule is CCCc1ccc(OC)c(C=CC(=O)c2ccc(C(=O)N(C)C)cc2)c1. The van der Waals surface area contributed by atoms with E-state index in [4.69, 9.17) is 4.74 Å². The number of nitrogens with zero attached hydrogens (tertiary/aromatic N) is 1. The van der Waals surface area contributed by atoms with Crippen molar-refractivity contribution in [1.82, 2.24) is 4.90 Å². The first-order chi connectivity index (χ1) is 12.5. The van der Waals surface area contributed by atoms with Crippen molar-refractivity contribution in [2.75, 3.05) is 21.2 Å². The highest BCUT2D eigenvalue weighted by Crippen LogP contribution is 2.22. The van der Waals surface area contributed by atoms with Crippen LogP contribution in [-0.2, 0) is 6.42 Å². The van der Waals surface area contributed by atoms with E-state index in [2.05, 4.69) is 6.92 Å². The molecule has 2 aromatic carbocycles. The molecule has 136 valence electrons. The first-order valence-corrected chi connectivity index (χ1v) is 8.67. The molecule has 1 amide bonds. The summed E-state index contributed by atoms with van der Waals surface area (Å²) < 4.78 is 5.38. The standard InChI is InChI=1S/C22H25NO3/c1-5-6-16-7-14-21(26-4)19(15-16)12-13-20(24)17-8-10-18(11-9-17)22(25)23(2)3/h7-15H,5-6H2,1-4H3. The van der Waals surface area contributed by atoms with Gasteiger partial charge in [-0.2, -0.15) is 0 Å². The number of ketones is 1. The summed E-state index contributed by atoms with van der Waals surface area (Å²) in [6.07, 6.45) is 5.36. The zero-order valence-electron chi connectivity index (χ0n) is 15.8. The number of carbonyl (C=O) groups is 2. The van der Waals surface area contributed by atoms with E-state index in [1.165, 1.54) is 16.5 Å². The molecule has 0 saturated heterocycles. The maximum atomic E-state index is 12.4. The first-order valence-electron chi connectivity index (χ1n) is 8.67. The summed E-state index contributed by atoms with van der Waals surface area (Å²) in [6, 6.07) is 12.7. The van der Waals surface area contributed by atoms with Crippen LogP contribution in [0.1, 0.15) is 45.2 Å². The maximum Gasteiger partial charge on any atom is 0.253 e. The van der Waals surface area contributed by atoms with Gasteiger partial charge in [-0.15, -0.1) is 0 Å². The number of methoxy groups -OCH3 is 1. The van der Waals surface area contributed by atoms with Crippen LogP contribution in [0.4, 0.5) is 0 Å². The van der Waals surface area contributed by atoms with Crippen molar-refractivity contribution >= 4 is 17.8 Å². The molecule has 0 atom stereocenters. The van der Waals surface area contributed by atoms with Gasteiger partial charge in [-0.05, 0) is 48.4 Å². The molecule has 2 aromatic rings. The Hall–Kier alpha value is -2.88. The normalized spacial score (nSPS) is 10.8. The Bertz CT molecular complexity index is 805.